The lowest BCUT2D eigenvalue weighted by atomic mass is 10.1. The van der Waals surface area contributed by atoms with E-state index in [1.807, 2.05) is 6.08 Å². The number of halogens is 2. The molecule has 1 atom stereocenters. The number of nitrogens with zero attached hydrogens (tertiary/aromatic N) is 1. The van der Waals surface area contributed by atoms with Crippen molar-refractivity contribution in [3.05, 3.63) is 52.4 Å². The number of hydrogen-bond donors (Lipinski definition) is 0. The standard InChI is InChI=1S/C16H17BrClNO4S/c17-12-1-4-14(5-2-12)24(20,21)19(8-7-18)13-3-6-15-16(11-13)23-10-9-22-15/h1-6,13H,7-11H2. The second-order valence-electron chi connectivity index (χ2n) is 5.37. The highest BCUT2D eigenvalue weighted by atomic mass is 79.9. The number of alkyl halides is 1. The first kappa shape index (κ1) is 17.8. The Balaban J connectivity index is 1.88. The normalized spacial score (nSPS) is 20.5. The van der Waals surface area contributed by atoms with E-state index in [1.165, 1.54) is 4.31 Å². The maximum Gasteiger partial charge on any atom is 0.243 e. The Bertz CT molecular complexity index is 761. The predicted octanol–water partition coefficient (Wildman–Crippen LogP) is 3.27. The van der Waals surface area contributed by atoms with Crippen molar-refractivity contribution in [3.8, 4) is 0 Å². The van der Waals surface area contributed by atoms with Crippen molar-refractivity contribution in [1.82, 2.24) is 4.31 Å². The van der Waals surface area contributed by atoms with Crippen LogP contribution in [0.1, 0.15) is 6.42 Å². The Labute approximate surface area is 155 Å². The average Bonchev–Trinajstić information content (AvgIpc) is 2.59. The van der Waals surface area contributed by atoms with Crippen LogP contribution in [0.15, 0.2) is 57.3 Å². The van der Waals surface area contributed by atoms with Crippen LogP contribution in [0.25, 0.3) is 0 Å². The summed E-state index contributed by atoms with van der Waals surface area (Å²) in [5.41, 5.74) is 0. The molecular weight excluding hydrogens is 418 g/mol. The predicted molar refractivity (Wildman–Crippen MR) is 95.2 cm³/mol. The molecule has 0 radical (unpaired) electrons. The summed E-state index contributed by atoms with van der Waals surface area (Å²) in [6, 6.07) is 6.23. The molecule has 8 heteroatoms. The average molecular weight is 435 g/mol. The third kappa shape index (κ3) is 3.64. The van der Waals surface area contributed by atoms with Crippen LogP contribution in [0.3, 0.4) is 0 Å². The summed E-state index contributed by atoms with van der Waals surface area (Å²) in [5, 5.41) is 0. The van der Waals surface area contributed by atoms with Gasteiger partial charge in [-0.3, -0.25) is 0 Å². The van der Waals surface area contributed by atoms with Gasteiger partial charge in [0.1, 0.15) is 19.0 Å². The zero-order chi connectivity index (χ0) is 17.2. The van der Waals surface area contributed by atoms with Crippen LogP contribution in [0, 0.1) is 0 Å². The minimum Gasteiger partial charge on any atom is -0.490 e. The van der Waals surface area contributed by atoms with E-state index in [0.29, 0.717) is 31.2 Å². The van der Waals surface area contributed by atoms with E-state index in [-0.39, 0.29) is 23.4 Å². The van der Waals surface area contributed by atoms with Crippen LogP contribution < -0.4 is 0 Å². The van der Waals surface area contributed by atoms with Crippen molar-refractivity contribution in [2.75, 3.05) is 25.6 Å². The van der Waals surface area contributed by atoms with Gasteiger partial charge < -0.3 is 9.47 Å². The highest BCUT2D eigenvalue weighted by Crippen LogP contribution is 2.30. The molecule has 0 bridgehead atoms. The lowest BCUT2D eigenvalue weighted by molar-refractivity contribution is 0.0584. The summed E-state index contributed by atoms with van der Waals surface area (Å²) in [5.74, 6) is 1.59. The third-order valence-electron chi connectivity index (χ3n) is 3.85. The number of sulfonamides is 1. The third-order valence-corrected chi connectivity index (χ3v) is 6.49. The Kier molecular flexibility index (Phi) is 5.54. The first-order chi connectivity index (χ1) is 11.5. The Morgan fingerprint density at radius 1 is 1.21 bits per heavy atom. The molecule has 1 aromatic carbocycles. The van der Waals surface area contributed by atoms with Gasteiger partial charge in [-0.05, 0) is 30.3 Å². The first-order valence-electron chi connectivity index (χ1n) is 7.52. The van der Waals surface area contributed by atoms with Crippen LogP contribution in [-0.2, 0) is 19.5 Å². The molecule has 1 aromatic rings. The molecule has 0 aromatic heterocycles. The smallest absolute Gasteiger partial charge is 0.243 e. The molecule has 0 amide bonds. The van der Waals surface area contributed by atoms with E-state index in [4.69, 9.17) is 21.1 Å². The van der Waals surface area contributed by atoms with E-state index >= 15 is 0 Å². The highest BCUT2D eigenvalue weighted by molar-refractivity contribution is 9.10. The number of hydrogen-bond acceptors (Lipinski definition) is 4. The van der Waals surface area contributed by atoms with Gasteiger partial charge in [-0.2, -0.15) is 4.31 Å². The van der Waals surface area contributed by atoms with Crippen LogP contribution in [0.2, 0.25) is 0 Å². The van der Waals surface area contributed by atoms with E-state index in [1.54, 1.807) is 30.3 Å². The number of ether oxygens (including phenoxy) is 2. The summed E-state index contributed by atoms with van der Waals surface area (Å²) >= 11 is 9.18. The lowest BCUT2D eigenvalue weighted by Gasteiger charge is -2.33. The fraction of sp³-hybridized carbons (Fsp3) is 0.375. The second-order valence-corrected chi connectivity index (χ2v) is 8.56. The summed E-state index contributed by atoms with van der Waals surface area (Å²) in [4.78, 5) is 0.241. The Morgan fingerprint density at radius 3 is 2.62 bits per heavy atom. The van der Waals surface area contributed by atoms with Gasteiger partial charge in [0.05, 0.1) is 10.9 Å². The first-order valence-corrected chi connectivity index (χ1v) is 10.3. The molecule has 0 saturated heterocycles. The van der Waals surface area contributed by atoms with Crippen molar-refractivity contribution in [3.63, 3.8) is 0 Å². The summed E-state index contributed by atoms with van der Waals surface area (Å²) in [6.07, 6.45) is 4.05. The zero-order valence-corrected chi connectivity index (χ0v) is 16.0. The summed E-state index contributed by atoms with van der Waals surface area (Å²) in [7, 11) is -3.66. The fourth-order valence-corrected chi connectivity index (χ4v) is 4.84. The molecule has 1 unspecified atom stereocenters. The van der Waals surface area contributed by atoms with E-state index < -0.39 is 10.0 Å². The molecule has 0 saturated carbocycles. The van der Waals surface area contributed by atoms with Gasteiger partial charge in [0, 0.05) is 23.3 Å². The highest BCUT2D eigenvalue weighted by Gasteiger charge is 2.33. The minimum atomic E-state index is -3.66. The van der Waals surface area contributed by atoms with Crippen LogP contribution >= 0.6 is 27.5 Å². The Morgan fingerprint density at radius 2 is 1.92 bits per heavy atom. The van der Waals surface area contributed by atoms with Crippen molar-refractivity contribution >= 4 is 37.6 Å². The minimum absolute atomic E-state index is 0.212. The molecule has 1 aliphatic heterocycles. The maximum atomic E-state index is 13.0. The van der Waals surface area contributed by atoms with Gasteiger partial charge in [-0.25, -0.2) is 8.42 Å². The molecule has 2 aliphatic rings. The lowest BCUT2D eigenvalue weighted by Crippen LogP contribution is -2.42. The molecule has 3 rings (SSSR count). The van der Waals surface area contributed by atoms with E-state index in [2.05, 4.69) is 15.9 Å². The van der Waals surface area contributed by atoms with Crippen molar-refractivity contribution < 1.29 is 17.9 Å². The molecule has 1 aliphatic carbocycles. The summed E-state index contributed by atoms with van der Waals surface area (Å²) < 4.78 is 39.4. The monoisotopic (exact) mass is 433 g/mol. The molecule has 130 valence electrons. The van der Waals surface area contributed by atoms with Crippen LogP contribution in [-0.4, -0.2) is 44.4 Å². The van der Waals surface area contributed by atoms with Gasteiger partial charge >= 0.3 is 0 Å². The fourth-order valence-electron chi connectivity index (χ4n) is 2.71. The Hall–Kier alpha value is -1.02. The van der Waals surface area contributed by atoms with E-state index in [0.717, 1.165) is 4.47 Å². The van der Waals surface area contributed by atoms with Crippen LogP contribution in [0.5, 0.6) is 0 Å². The van der Waals surface area contributed by atoms with Gasteiger partial charge in [-0.1, -0.05) is 22.0 Å². The van der Waals surface area contributed by atoms with Crippen LogP contribution in [0.4, 0.5) is 0 Å². The zero-order valence-electron chi connectivity index (χ0n) is 12.8. The topological polar surface area (TPSA) is 55.8 Å². The summed E-state index contributed by atoms with van der Waals surface area (Å²) in [6.45, 7) is 1.21. The molecule has 0 fully saturated rings. The van der Waals surface area contributed by atoms with Crippen molar-refractivity contribution in [2.45, 2.75) is 17.4 Å². The molecule has 0 spiro atoms. The molecule has 1 heterocycles. The van der Waals surface area contributed by atoms with Crippen molar-refractivity contribution in [1.29, 1.82) is 0 Å². The number of rotatable bonds is 5. The second kappa shape index (κ2) is 7.47. The molecule has 5 nitrogen and oxygen atoms in total. The number of allylic oxidation sites excluding steroid dienone is 1. The van der Waals surface area contributed by atoms with Crippen molar-refractivity contribution in [2.24, 2.45) is 0 Å². The van der Waals surface area contributed by atoms with E-state index in [9.17, 15) is 8.42 Å². The molecule has 24 heavy (non-hydrogen) atoms. The van der Waals surface area contributed by atoms with Gasteiger partial charge in [0.25, 0.3) is 0 Å². The largest absolute Gasteiger partial charge is 0.490 e. The quantitative estimate of drug-likeness (QED) is 0.668. The maximum absolute atomic E-state index is 13.0. The van der Waals surface area contributed by atoms with Gasteiger partial charge in [-0.15, -0.1) is 11.6 Å². The van der Waals surface area contributed by atoms with Gasteiger partial charge in [0.15, 0.2) is 5.76 Å². The molecular formula is C16H17BrClNO4S. The van der Waals surface area contributed by atoms with Gasteiger partial charge in [0.2, 0.25) is 10.0 Å². The SMILES string of the molecule is O=S(=O)(c1ccc(Br)cc1)N(CCCl)C1C=CC2=C(C1)OCCO2. The number of benzene rings is 1. The molecule has 0 N–H and O–H groups in total.